The van der Waals surface area contributed by atoms with Crippen LogP contribution in [0.15, 0.2) is 24.3 Å². The highest BCUT2D eigenvalue weighted by Gasteiger charge is 2.14. The summed E-state index contributed by atoms with van der Waals surface area (Å²) in [7, 11) is 0. The lowest BCUT2D eigenvalue weighted by molar-refractivity contribution is -0.139. The molecule has 1 aliphatic carbocycles. The van der Waals surface area contributed by atoms with Crippen LogP contribution in [0.1, 0.15) is 44.9 Å². The molecular formula is C17H23NO4. The third kappa shape index (κ3) is 5.76. The lowest BCUT2D eigenvalue weighted by Gasteiger charge is -2.21. The number of carboxylic acid groups (broad SMARTS) is 1. The smallest absolute Gasteiger partial charge is 0.341 e. The fraction of sp³-hybridized carbons (Fsp3) is 0.529. The van der Waals surface area contributed by atoms with Crippen LogP contribution in [0.4, 0.5) is 5.69 Å². The minimum absolute atomic E-state index is 0.0322. The van der Waals surface area contributed by atoms with Gasteiger partial charge in [-0.15, -0.1) is 0 Å². The molecule has 1 amide bonds. The van der Waals surface area contributed by atoms with Crippen molar-refractivity contribution in [2.45, 2.75) is 44.9 Å². The summed E-state index contributed by atoms with van der Waals surface area (Å²) in [5.74, 6) is 0.193. The van der Waals surface area contributed by atoms with Gasteiger partial charge in [0.2, 0.25) is 5.91 Å². The highest BCUT2D eigenvalue weighted by Crippen LogP contribution is 2.27. The molecule has 0 saturated heterocycles. The predicted molar refractivity (Wildman–Crippen MR) is 84.0 cm³/mol. The first-order valence-electron chi connectivity index (χ1n) is 7.88. The van der Waals surface area contributed by atoms with Gasteiger partial charge in [-0.05, 0) is 36.6 Å². The Morgan fingerprint density at radius 1 is 1.14 bits per heavy atom. The lowest BCUT2D eigenvalue weighted by atomic mass is 9.86. The fourth-order valence-corrected chi connectivity index (χ4v) is 2.81. The predicted octanol–water partition coefficient (Wildman–Crippen LogP) is 3.45. The standard InChI is InChI=1S/C17H23NO4/c19-16(11-6-13-4-2-1-3-5-13)18-14-7-9-15(10-8-14)22-12-17(20)21/h7-10,13H,1-6,11-12H2,(H,18,19)(H,20,21). The van der Waals surface area contributed by atoms with E-state index in [1.165, 1.54) is 32.1 Å². The molecule has 1 fully saturated rings. The first-order valence-corrected chi connectivity index (χ1v) is 7.88. The number of carboxylic acids is 1. The molecule has 0 aromatic heterocycles. The van der Waals surface area contributed by atoms with Gasteiger partial charge in [-0.2, -0.15) is 0 Å². The SMILES string of the molecule is O=C(O)COc1ccc(NC(=O)CCC2CCCCC2)cc1. The number of carbonyl (C=O) groups is 2. The van der Waals surface area contributed by atoms with Crippen molar-refractivity contribution in [3.05, 3.63) is 24.3 Å². The van der Waals surface area contributed by atoms with Crippen molar-refractivity contribution in [2.75, 3.05) is 11.9 Å². The number of aliphatic carboxylic acids is 1. The van der Waals surface area contributed by atoms with Crippen LogP contribution in [-0.2, 0) is 9.59 Å². The summed E-state index contributed by atoms with van der Waals surface area (Å²) in [5.41, 5.74) is 0.705. The largest absolute Gasteiger partial charge is 0.482 e. The molecule has 0 aliphatic heterocycles. The molecule has 2 N–H and O–H groups in total. The topological polar surface area (TPSA) is 75.6 Å². The molecule has 0 radical (unpaired) electrons. The van der Waals surface area contributed by atoms with E-state index in [0.717, 1.165) is 6.42 Å². The fourth-order valence-electron chi connectivity index (χ4n) is 2.81. The molecule has 0 atom stereocenters. The second-order valence-electron chi connectivity index (χ2n) is 5.80. The molecule has 1 aromatic rings. The van der Waals surface area contributed by atoms with Crippen molar-refractivity contribution in [1.29, 1.82) is 0 Å². The second kappa shape index (κ2) is 8.41. The zero-order valence-electron chi connectivity index (χ0n) is 12.7. The molecule has 22 heavy (non-hydrogen) atoms. The Morgan fingerprint density at radius 3 is 2.45 bits per heavy atom. The third-order valence-corrected chi connectivity index (χ3v) is 4.00. The van der Waals surface area contributed by atoms with E-state index in [-0.39, 0.29) is 12.5 Å². The summed E-state index contributed by atoms with van der Waals surface area (Å²) < 4.78 is 5.04. The van der Waals surface area contributed by atoms with Crippen molar-refractivity contribution >= 4 is 17.6 Å². The summed E-state index contributed by atoms with van der Waals surface area (Å²) in [6, 6.07) is 6.74. The summed E-state index contributed by atoms with van der Waals surface area (Å²) in [6.45, 7) is -0.368. The summed E-state index contributed by atoms with van der Waals surface area (Å²) >= 11 is 0. The van der Waals surface area contributed by atoms with Crippen LogP contribution >= 0.6 is 0 Å². The summed E-state index contributed by atoms with van der Waals surface area (Å²) in [5, 5.41) is 11.4. The Morgan fingerprint density at radius 2 is 1.82 bits per heavy atom. The Hall–Kier alpha value is -2.04. The van der Waals surface area contributed by atoms with Gasteiger partial charge in [0.1, 0.15) is 5.75 Å². The van der Waals surface area contributed by atoms with Gasteiger partial charge in [0.05, 0.1) is 0 Å². The Kier molecular flexibility index (Phi) is 6.25. The van der Waals surface area contributed by atoms with Gasteiger partial charge in [-0.25, -0.2) is 4.79 Å². The van der Waals surface area contributed by atoms with Gasteiger partial charge in [0.15, 0.2) is 6.61 Å². The minimum Gasteiger partial charge on any atom is -0.482 e. The van der Waals surface area contributed by atoms with Gasteiger partial charge >= 0.3 is 5.97 Å². The minimum atomic E-state index is -1.01. The Labute approximate surface area is 130 Å². The molecule has 2 rings (SSSR count). The molecule has 1 aromatic carbocycles. The van der Waals surface area contributed by atoms with Crippen LogP contribution in [-0.4, -0.2) is 23.6 Å². The van der Waals surface area contributed by atoms with Gasteiger partial charge < -0.3 is 15.2 Å². The average molecular weight is 305 g/mol. The molecule has 0 unspecified atom stereocenters. The van der Waals surface area contributed by atoms with Crippen LogP contribution in [0.3, 0.4) is 0 Å². The molecule has 0 spiro atoms. The maximum Gasteiger partial charge on any atom is 0.341 e. The van der Waals surface area contributed by atoms with Crippen LogP contribution in [0, 0.1) is 5.92 Å². The van der Waals surface area contributed by atoms with Crippen molar-refractivity contribution in [1.82, 2.24) is 0 Å². The quantitative estimate of drug-likeness (QED) is 0.809. The van der Waals surface area contributed by atoms with E-state index in [1.807, 2.05) is 0 Å². The maximum atomic E-state index is 11.9. The van der Waals surface area contributed by atoms with Gasteiger partial charge in [0.25, 0.3) is 0 Å². The monoisotopic (exact) mass is 305 g/mol. The molecule has 1 saturated carbocycles. The van der Waals surface area contributed by atoms with E-state index in [0.29, 0.717) is 23.8 Å². The number of ether oxygens (including phenoxy) is 1. The number of rotatable bonds is 7. The third-order valence-electron chi connectivity index (χ3n) is 4.00. The zero-order valence-corrected chi connectivity index (χ0v) is 12.7. The number of benzene rings is 1. The number of hydrogen-bond acceptors (Lipinski definition) is 3. The highest BCUT2D eigenvalue weighted by molar-refractivity contribution is 5.90. The molecule has 120 valence electrons. The van der Waals surface area contributed by atoms with Crippen LogP contribution in [0.2, 0.25) is 0 Å². The van der Waals surface area contributed by atoms with E-state index >= 15 is 0 Å². The number of anilines is 1. The number of hydrogen-bond donors (Lipinski definition) is 2. The van der Waals surface area contributed by atoms with Crippen LogP contribution < -0.4 is 10.1 Å². The Bertz CT molecular complexity index is 492. The van der Waals surface area contributed by atoms with E-state index in [9.17, 15) is 9.59 Å². The van der Waals surface area contributed by atoms with Gasteiger partial charge in [0, 0.05) is 12.1 Å². The first kappa shape index (κ1) is 16.3. The molecule has 0 heterocycles. The molecular weight excluding hydrogens is 282 g/mol. The molecule has 5 heteroatoms. The number of nitrogens with one attached hydrogen (secondary N) is 1. The summed E-state index contributed by atoms with van der Waals surface area (Å²) in [6.07, 6.45) is 7.95. The first-order chi connectivity index (χ1) is 10.6. The van der Waals surface area contributed by atoms with E-state index in [4.69, 9.17) is 9.84 Å². The van der Waals surface area contributed by atoms with E-state index in [1.54, 1.807) is 24.3 Å². The van der Waals surface area contributed by atoms with Crippen molar-refractivity contribution in [2.24, 2.45) is 5.92 Å². The lowest BCUT2D eigenvalue weighted by Crippen LogP contribution is -2.14. The van der Waals surface area contributed by atoms with Crippen LogP contribution in [0.5, 0.6) is 5.75 Å². The average Bonchev–Trinajstić information content (AvgIpc) is 2.53. The van der Waals surface area contributed by atoms with E-state index in [2.05, 4.69) is 5.32 Å². The van der Waals surface area contributed by atoms with E-state index < -0.39 is 5.97 Å². The van der Waals surface area contributed by atoms with Crippen molar-refractivity contribution in [3.63, 3.8) is 0 Å². The van der Waals surface area contributed by atoms with Crippen LogP contribution in [0.25, 0.3) is 0 Å². The molecule has 1 aliphatic rings. The molecule has 5 nitrogen and oxygen atoms in total. The van der Waals surface area contributed by atoms with Gasteiger partial charge in [-0.3, -0.25) is 4.79 Å². The molecule has 0 bridgehead atoms. The normalized spacial score (nSPS) is 15.3. The zero-order chi connectivity index (χ0) is 15.8. The maximum absolute atomic E-state index is 11.9. The van der Waals surface area contributed by atoms with Crippen molar-refractivity contribution in [3.8, 4) is 5.75 Å². The van der Waals surface area contributed by atoms with Gasteiger partial charge in [-0.1, -0.05) is 32.1 Å². The Balaban J connectivity index is 1.72. The number of amides is 1. The second-order valence-corrected chi connectivity index (χ2v) is 5.80. The number of carbonyl (C=O) groups excluding carboxylic acids is 1. The van der Waals surface area contributed by atoms with Crippen molar-refractivity contribution < 1.29 is 19.4 Å². The highest BCUT2D eigenvalue weighted by atomic mass is 16.5. The summed E-state index contributed by atoms with van der Waals surface area (Å²) in [4.78, 5) is 22.3.